The number of anilines is 3. The molecule has 0 atom stereocenters. The molecule has 1 amide bonds. The van der Waals surface area contributed by atoms with Crippen LogP contribution in [0.5, 0.6) is 0 Å². The number of hydrogen-bond acceptors (Lipinski definition) is 4. The number of halogens is 1. The maximum atomic E-state index is 13.9. The van der Waals surface area contributed by atoms with Gasteiger partial charge in [0, 0.05) is 18.5 Å². The molecule has 0 aliphatic rings. The summed E-state index contributed by atoms with van der Waals surface area (Å²) >= 11 is 0. The van der Waals surface area contributed by atoms with Gasteiger partial charge >= 0.3 is 0 Å². The maximum Gasteiger partial charge on any atom is 0.224 e. The Morgan fingerprint density at radius 2 is 1.60 bits per heavy atom. The predicted octanol–water partition coefficient (Wildman–Crippen LogP) is 5.80. The molecule has 0 saturated carbocycles. The van der Waals surface area contributed by atoms with E-state index in [1.54, 1.807) is 18.2 Å². The Hall–Kier alpha value is -3.93. The summed E-state index contributed by atoms with van der Waals surface area (Å²) in [6.07, 6.45) is 1.98. The Morgan fingerprint density at radius 3 is 2.40 bits per heavy atom. The number of aromatic nitrogens is 1. The van der Waals surface area contributed by atoms with Crippen molar-refractivity contribution in [1.29, 1.82) is 0 Å². The molecule has 5 nitrogen and oxygen atoms in total. The molecule has 150 valence electrons. The number of aryl methyl sites for hydroxylation is 1. The molecule has 1 aromatic heterocycles. The van der Waals surface area contributed by atoms with E-state index in [1.807, 2.05) is 54.6 Å². The Kier molecular flexibility index (Phi) is 5.85. The van der Waals surface area contributed by atoms with E-state index in [1.165, 1.54) is 12.3 Å². The second kappa shape index (κ2) is 9.05. The van der Waals surface area contributed by atoms with Crippen LogP contribution < -0.4 is 10.6 Å². The highest BCUT2D eigenvalue weighted by atomic mass is 19.1. The van der Waals surface area contributed by atoms with Gasteiger partial charge < -0.3 is 15.1 Å². The number of rotatable bonds is 7. The summed E-state index contributed by atoms with van der Waals surface area (Å²) < 4.78 is 19.5. The van der Waals surface area contributed by atoms with E-state index in [4.69, 9.17) is 4.42 Å². The maximum absolute atomic E-state index is 13.9. The first-order chi connectivity index (χ1) is 14.7. The monoisotopic (exact) mass is 401 g/mol. The Balaban J connectivity index is 1.38. The van der Waals surface area contributed by atoms with Crippen molar-refractivity contribution in [1.82, 2.24) is 4.98 Å². The molecule has 1 heterocycles. The first kappa shape index (κ1) is 19.4. The fourth-order valence-corrected chi connectivity index (χ4v) is 3.02. The second-order valence-electron chi connectivity index (χ2n) is 6.68. The van der Waals surface area contributed by atoms with Gasteiger partial charge in [-0.25, -0.2) is 9.37 Å². The van der Waals surface area contributed by atoms with Gasteiger partial charge in [0.25, 0.3) is 0 Å². The van der Waals surface area contributed by atoms with Crippen molar-refractivity contribution in [2.45, 2.75) is 12.8 Å². The number of benzene rings is 3. The van der Waals surface area contributed by atoms with Crippen LogP contribution in [-0.4, -0.2) is 10.9 Å². The van der Waals surface area contributed by atoms with Crippen molar-refractivity contribution >= 4 is 23.0 Å². The Morgan fingerprint density at radius 1 is 0.900 bits per heavy atom. The molecule has 30 heavy (non-hydrogen) atoms. The van der Waals surface area contributed by atoms with Crippen molar-refractivity contribution in [3.63, 3.8) is 0 Å². The SMILES string of the molecule is O=C(CCc1ncc(-c2ccccc2F)o1)Nc1ccccc1Nc1ccccc1. The lowest BCUT2D eigenvalue weighted by Gasteiger charge is -2.13. The van der Waals surface area contributed by atoms with Crippen LogP contribution in [0.2, 0.25) is 0 Å². The number of amides is 1. The van der Waals surface area contributed by atoms with Crippen molar-refractivity contribution < 1.29 is 13.6 Å². The molecule has 0 bridgehead atoms. The minimum Gasteiger partial charge on any atom is -0.441 e. The van der Waals surface area contributed by atoms with Gasteiger partial charge in [-0.1, -0.05) is 42.5 Å². The van der Waals surface area contributed by atoms with Crippen LogP contribution in [0.3, 0.4) is 0 Å². The molecule has 0 aliphatic carbocycles. The van der Waals surface area contributed by atoms with Gasteiger partial charge in [0.2, 0.25) is 5.91 Å². The lowest BCUT2D eigenvalue weighted by atomic mass is 10.2. The minimum atomic E-state index is -0.375. The van der Waals surface area contributed by atoms with Crippen molar-refractivity contribution in [2.75, 3.05) is 10.6 Å². The van der Waals surface area contributed by atoms with Gasteiger partial charge in [-0.05, 0) is 36.4 Å². The van der Waals surface area contributed by atoms with Gasteiger partial charge in [0.1, 0.15) is 5.82 Å². The lowest BCUT2D eigenvalue weighted by Crippen LogP contribution is -2.13. The van der Waals surface area contributed by atoms with Gasteiger partial charge in [0.05, 0.1) is 23.1 Å². The average Bonchev–Trinajstić information content (AvgIpc) is 3.24. The molecule has 2 N–H and O–H groups in total. The standard InChI is InChI=1S/C24H20FN3O2/c25-19-11-5-4-10-18(19)22-16-26-24(30-22)15-14-23(29)28-21-13-7-6-12-20(21)27-17-8-2-1-3-9-17/h1-13,16,27H,14-15H2,(H,28,29). The summed E-state index contributed by atoms with van der Waals surface area (Å²) in [5, 5.41) is 6.22. The summed E-state index contributed by atoms with van der Waals surface area (Å²) in [7, 11) is 0. The highest BCUT2D eigenvalue weighted by Gasteiger charge is 2.12. The van der Waals surface area contributed by atoms with Crippen LogP contribution in [-0.2, 0) is 11.2 Å². The number of carbonyl (C=O) groups is 1. The first-order valence-electron chi connectivity index (χ1n) is 9.59. The zero-order valence-corrected chi connectivity index (χ0v) is 16.1. The van der Waals surface area contributed by atoms with Crippen LogP contribution in [0, 0.1) is 5.82 Å². The third-order valence-corrected chi connectivity index (χ3v) is 4.51. The van der Waals surface area contributed by atoms with Crippen molar-refractivity contribution in [2.24, 2.45) is 0 Å². The highest BCUT2D eigenvalue weighted by Crippen LogP contribution is 2.26. The molecule has 0 radical (unpaired) electrons. The first-order valence-corrected chi connectivity index (χ1v) is 9.59. The van der Waals surface area contributed by atoms with Crippen LogP contribution in [0.4, 0.5) is 21.5 Å². The van der Waals surface area contributed by atoms with Gasteiger partial charge in [-0.2, -0.15) is 0 Å². The summed E-state index contributed by atoms with van der Waals surface area (Å²) in [6, 6.07) is 23.6. The van der Waals surface area contributed by atoms with Gasteiger partial charge in [0.15, 0.2) is 11.7 Å². The zero-order chi connectivity index (χ0) is 20.8. The van der Waals surface area contributed by atoms with E-state index < -0.39 is 0 Å². The normalized spacial score (nSPS) is 10.6. The van der Waals surface area contributed by atoms with E-state index in [-0.39, 0.29) is 18.1 Å². The van der Waals surface area contributed by atoms with E-state index in [0.29, 0.717) is 29.3 Å². The molecule has 0 aliphatic heterocycles. The molecule has 4 aromatic rings. The summed E-state index contributed by atoms with van der Waals surface area (Å²) in [4.78, 5) is 16.6. The van der Waals surface area contributed by atoms with E-state index in [0.717, 1.165) is 11.4 Å². The molecule has 0 saturated heterocycles. The fraction of sp³-hybridized carbons (Fsp3) is 0.0833. The van der Waals surface area contributed by atoms with E-state index >= 15 is 0 Å². The molecule has 0 spiro atoms. The summed E-state index contributed by atoms with van der Waals surface area (Å²) in [5.41, 5.74) is 2.77. The highest BCUT2D eigenvalue weighted by molar-refractivity contribution is 5.94. The zero-order valence-electron chi connectivity index (χ0n) is 16.1. The number of carbonyl (C=O) groups excluding carboxylic acids is 1. The lowest BCUT2D eigenvalue weighted by molar-refractivity contribution is -0.116. The second-order valence-corrected chi connectivity index (χ2v) is 6.68. The number of para-hydroxylation sites is 3. The molecule has 0 fully saturated rings. The van der Waals surface area contributed by atoms with Crippen LogP contribution in [0.1, 0.15) is 12.3 Å². The van der Waals surface area contributed by atoms with E-state index in [9.17, 15) is 9.18 Å². The molecule has 6 heteroatoms. The topological polar surface area (TPSA) is 67.2 Å². The number of nitrogens with one attached hydrogen (secondary N) is 2. The van der Waals surface area contributed by atoms with Crippen LogP contribution >= 0.6 is 0 Å². The minimum absolute atomic E-state index is 0.164. The third kappa shape index (κ3) is 4.72. The smallest absolute Gasteiger partial charge is 0.224 e. The number of nitrogens with zero attached hydrogens (tertiary/aromatic N) is 1. The Bertz CT molecular complexity index is 1140. The third-order valence-electron chi connectivity index (χ3n) is 4.51. The van der Waals surface area contributed by atoms with E-state index in [2.05, 4.69) is 15.6 Å². The molecular formula is C24H20FN3O2. The van der Waals surface area contributed by atoms with Crippen LogP contribution in [0.15, 0.2) is 89.5 Å². The molecular weight excluding hydrogens is 381 g/mol. The number of oxazole rings is 1. The van der Waals surface area contributed by atoms with Gasteiger partial charge in [-0.15, -0.1) is 0 Å². The molecule has 3 aromatic carbocycles. The van der Waals surface area contributed by atoms with Crippen LogP contribution in [0.25, 0.3) is 11.3 Å². The van der Waals surface area contributed by atoms with Crippen molar-refractivity contribution in [3.8, 4) is 11.3 Å². The largest absolute Gasteiger partial charge is 0.441 e. The predicted molar refractivity (Wildman–Crippen MR) is 115 cm³/mol. The van der Waals surface area contributed by atoms with Crippen molar-refractivity contribution in [3.05, 3.63) is 96.8 Å². The average molecular weight is 401 g/mol. The molecule has 0 unspecified atom stereocenters. The summed E-state index contributed by atoms with van der Waals surface area (Å²) in [5.74, 6) is 0.198. The molecule has 4 rings (SSSR count). The summed E-state index contributed by atoms with van der Waals surface area (Å²) in [6.45, 7) is 0. The quantitative estimate of drug-likeness (QED) is 0.411. The number of hydrogen-bond donors (Lipinski definition) is 2. The van der Waals surface area contributed by atoms with Gasteiger partial charge in [-0.3, -0.25) is 4.79 Å². The Labute approximate surface area is 173 Å². The fourth-order valence-electron chi connectivity index (χ4n) is 3.02.